The minimum absolute atomic E-state index is 0.0822. The SMILES string of the molecule is CN(C)CC(=O)OCc1ccccc1.CN1CC(=O)OC1=O.OCc1ccccc1. The lowest BCUT2D eigenvalue weighted by Crippen LogP contribution is -2.23. The zero-order valence-corrected chi connectivity index (χ0v) is 17.5. The fraction of sp³-hybridized carbons (Fsp3) is 0.318. The second-order valence-corrected chi connectivity index (χ2v) is 6.62. The number of rotatable bonds is 5. The van der Waals surface area contributed by atoms with Gasteiger partial charge in [0.2, 0.25) is 0 Å². The summed E-state index contributed by atoms with van der Waals surface area (Å²) in [5.41, 5.74) is 1.98. The van der Waals surface area contributed by atoms with Gasteiger partial charge in [0.05, 0.1) is 13.2 Å². The molecule has 1 aliphatic rings. The zero-order chi connectivity index (χ0) is 22.4. The fourth-order valence-electron chi connectivity index (χ4n) is 2.09. The van der Waals surface area contributed by atoms with Crippen LogP contribution in [0, 0.1) is 0 Å². The van der Waals surface area contributed by atoms with E-state index < -0.39 is 12.1 Å². The Morgan fingerprint density at radius 3 is 1.90 bits per heavy atom. The lowest BCUT2D eigenvalue weighted by atomic mass is 10.2. The second kappa shape index (κ2) is 13.9. The summed E-state index contributed by atoms with van der Waals surface area (Å²) in [6.07, 6.45) is -0.560. The third kappa shape index (κ3) is 10.9. The molecule has 0 atom stereocenters. The molecule has 1 fully saturated rings. The Kier molecular flexibility index (Phi) is 11.5. The van der Waals surface area contributed by atoms with Gasteiger partial charge in [-0.1, -0.05) is 60.7 Å². The van der Waals surface area contributed by atoms with Crippen LogP contribution in [0.2, 0.25) is 0 Å². The molecule has 8 heteroatoms. The zero-order valence-electron chi connectivity index (χ0n) is 17.5. The quantitative estimate of drug-likeness (QED) is 0.589. The summed E-state index contributed by atoms with van der Waals surface area (Å²) >= 11 is 0. The molecule has 2 aromatic carbocycles. The number of carbonyl (C=O) groups is 3. The first-order valence-electron chi connectivity index (χ1n) is 9.26. The van der Waals surface area contributed by atoms with Crippen molar-refractivity contribution in [2.24, 2.45) is 0 Å². The summed E-state index contributed by atoms with van der Waals surface area (Å²) in [4.78, 5) is 34.6. The van der Waals surface area contributed by atoms with Crippen molar-refractivity contribution in [3.05, 3.63) is 71.8 Å². The van der Waals surface area contributed by atoms with Gasteiger partial charge in [0.1, 0.15) is 13.2 Å². The number of nitrogens with zero attached hydrogens (tertiary/aromatic N) is 2. The summed E-state index contributed by atoms with van der Waals surface area (Å²) in [5, 5.41) is 8.54. The van der Waals surface area contributed by atoms with Crippen molar-refractivity contribution in [2.75, 3.05) is 34.2 Å². The standard InChI is InChI=1S/C11H15NO2.C7H8O.C4H5NO3/c1-12(2)8-11(13)14-9-10-6-4-3-5-7-10;8-6-7-4-2-1-3-5-7;1-5-2-3(6)8-4(5)7/h3-7H,8-9H2,1-2H3;1-5,8H,6H2;2H2,1H3. The number of hydrogen-bond acceptors (Lipinski definition) is 7. The normalized spacial score (nSPS) is 12.4. The van der Waals surface area contributed by atoms with E-state index in [1.807, 2.05) is 74.8 Å². The number of aliphatic hydroxyl groups is 1. The van der Waals surface area contributed by atoms with Gasteiger partial charge in [-0.3, -0.25) is 14.6 Å². The van der Waals surface area contributed by atoms with E-state index in [-0.39, 0.29) is 19.1 Å². The molecule has 0 bridgehead atoms. The van der Waals surface area contributed by atoms with E-state index in [2.05, 4.69) is 4.74 Å². The Labute approximate surface area is 176 Å². The van der Waals surface area contributed by atoms with Gasteiger partial charge < -0.3 is 14.6 Å². The monoisotopic (exact) mass is 416 g/mol. The first kappa shape index (κ1) is 24.8. The van der Waals surface area contributed by atoms with Crippen LogP contribution in [0.5, 0.6) is 0 Å². The van der Waals surface area contributed by atoms with Crippen LogP contribution < -0.4 is 0 Å². The highest BCUT2D eigenvalue weighted by Gasteiger charge is 2.25. The van der Waals surface area contributed by atoms with Gasteiger partial charge in [0, 0.05) is 7.05 Å². The summed E-state index contributed by atoms with van der Waals surface area (Å²) < 4.78 is 9.18. The molecule has 3 rings (SSSR count). The van der Waals surface area contributed by atoms with Crippen LogP contribution in [0.1, 0.15) is 11.1 Å². The predicted octanol–water partition coefficient (Wildman–Crippen LogP) is 2.07. The molecule has 1 aliphatic heterocycles. The highest BCUT2D eigenvalue weighted by Crippen LogP contribution is 2.01. The summed E-state index contributed by atoms with van der Waals surface area (Å²) in [5.74, 6) is -0.670. The molecule has 162 valence electrons. The first-order chi connectivity index (χ1) is 14.3. The van der Waals surface area contributed by atoms with Crippen LogP contribution in [-0.4, -0.2) is 67.2 Å². The average Bonchev–Trinajstić information content (AvgIpc) is 3.03. The molecule has 2 aromatic rings. The molecule has 1 N–H and O–H groups in total. The molecule has 30 heavy (non-hydrogen) atoms. The van der Waals surface area contributed by atoms with Gasteiger partial charge in [0.15, 0.2) is 0 Å². The number of amides is 1. The molecule has 0 radical (unpaired) electrons. The van der Waals surface area contributed by atoms with Crippen LogP contribution in [0.25, 0.3) is 0 Å². The van der Waals surface area contributed by atoms with Gasteiger partial charge in [-0.25, -0.2) is 9.59 Å². The van der Waals surface area contributed by atoms with Crippen molar-refractivity contribution in [3.8, 4) is 0 Å². The van der Waals surface area contributed by atoms with Crippen molar-refractivity contribution in [2.45, 2.75) is 13.2 Å². The topological polar surface area (TPSA) is 96.4 Å². The number of esters is 2. The maximum Gasteiger partial charge on any atom is 0.417 e. The van der Waals surface area contributed by atoms with E-state index in [0.29, 0.717) is 13.2 Å². The van der Waals surface area contributed by atoms with Gasteiger partial charge in [0.25, 0.3) is 0 Å². The number of carbonyl (C=O) groups excluding carboxylic acids is 3. The van der Waals surface area contributed by atoms with E-state index in [4.69, 9.17) is 9.84 Å². The van der Waals surface area contributed by atoms with Crippen molar-refractivity contribution in [1.82, 2.24) is 9.80 Å². The third-order valence-electron chi connectivity index (χ3n) is 3.59. The molecule has 0 aromatic heterocycles. The smallest absolute Gasteiger partial charge is 0.417 e. The molecule has 1 amide bonds. The summed E-state index contributed by atoms with van der Waals surface area (Å²) in [6.45, 7) is 0.903. The minimum Gasteiger partial charge on any atom is -0.460 e. The number of benzene rings is 2. The van der Waals surface area contributed by atoms with Crippen LogP contribution in [0.15, 0.2) is 60.7 Å². The summed E-state index contributed by atoms with van der Waals surface area (Å²) in [6, 6.07) is 19.2. The fourth-order valence-corrected chi connectivity index (χ4v) is 2.09. The van der Waals surface area contributed by atoms with E-state index in [1.54, 1.807) is 4.90 Å². The second-order valence-electron chi connectivity index (χ2n) is 6.62. The molecule has 0 spiro atoms. The predicted molar refractivity (Wildman–Crippen MR) is 111 cm³/mol. The Morgan fingerprint density at radius 1 is 1.03 bits per heavy atom. The molecular formula is C22H28N2O6. The van der Waals surface area contributed by atoms with Crippen LogP contribution >= 0.6 is 0 Å². The van der Waals surface area contributed by atoms with Gasteiger partial charge in [-0.05, 0) is 25.2 Å². The maximum atomic E-state index is 11.2. The van der Waals surface area contributed by atoms with Crippen molar-refractivity contribution in [3.63, 3.8) is 0 Å². The average molecular weight is 416 g/mol. The highest BCUT2D eigenvalue weighted by molar-refractivity contribution is 5.92. The lowest BCUT2D eigenvalue weighted by Gasteiger charge is -2.09. The third-order valence-corrected chi connectivity index (χ3v) is 3.59. The number of cyclic esters (lactones) is 2. The maximum absolute atomic E-state index is 11.2. The molecular weight excluding hydrogens is 388 g/mol. The lowest BCUT2D eigenvalue weighted by molar-refractivity contribution is -0.145. The number of hydrogen-bond donors (Lipinski definition) is 1. The van der Waals surface area contributed by atoms with Gasteiger partial charge >= 0.3 is 18.0 Å². The van der Waals surface area contributed by atoms with Crippen molar-refractivity contribution >= 4 is 18.0 Å². The van der Waals surface area contributed by atoms with E-state index in [0.717, 1.165) is 11.1 Å². The first-order valence-corrected chi connectivity index (χ1v) is 9.26. The number of ether oxygens (including phenoxy) is 2. The van der Waals surface area contributed by atoms with E-state index in [1.165, 1.54) is 11.9 Å². The van der Waals surface area contributed by atoms with Crippen LogP contribution in [0.3, 0.4) is 0 Å². The molecule has 1 heterocycles. The molecule has 1 saturated heterocycles. The Balaban J connectivity index is 0.000000240. The molecule has 0 aliphatic carbocycles. The highest BCUT2D eigenvalue weighted by atomic mass is 16.6. The molecule has 8 nitrogen and oxygen atoms in total. The summed E-state index contributed by atoms with van der Waals surface area (Å²) in [7, 11) is 5.18. The largest absolute Gasteiger partial charge is 0.460 e. The Hall–Kier alpha value is -3.23. The number of aliphatic hydroxyl groups excluding tert-OH is 1. The van der Waals surface area contributed by atoms with Gasteiger partial charge in [-0.2, -0.15) is 0 Å². The van der Waals surface area contributed by atoms with E-state index in [9.17, 15) is 14.4 Å². The van der Waals surface area contributed by atoms with Crippen molar-refractivity contribution < 1.29 is 29.0 Å². The minimum atomic E-state index is -0.560. The molecule has 0 saturated carbocycles. The Bertz CT molecular complexity index is 781. The number of likely N-dealkylation sites (N-methyl/N-ethyl adjacent to an activating group) is 2. The Morgan fingerprint density at radius 2 is 1.57 bits per heavy atom. The molecule has 0 unspecified atom stereocenters. The van der Waals surface area contributed by atoms with Crippen molar-refractivity contribution in [1.29, 1.82) is 0 Å². The van der Waals surface area contributed by atoms with Crippen LogP contribution in [-0.2, 0) is 32.3 Å². The van der Waals surface area contributed by atoms with Gasteiger partial charge in [-0.15, -0.1) is 0 Å². The van der Waals surface area contributed by atoms with E-state index >= 15 is 0 Å². The van der Waals surface area contributed by atoms with Crippen LogP contribution in [0.4, 0.5) is 4.79 Å².